The number of carbonyl (C=O) groups excluding carboxylic acids is 2. The summed E-state index contributed by atoms with van der Waals surface area (Å²) < 4.78 is 27.3. The highest BCUT2D eigenvalue weighted by molar-refractivity contribution is 6.39. The van der Waals surface area contributed by atoms with Gasteiger partial charge in [0.25, 0.3) is 0 Å². The van der Waals surface area contributed by atoms with Crippen molar-refractivity contribution in [2.75, 3.05) is 37.4 Å². The second-order valence-electron chi connectivity index (χ2n) is 8.78. The molecule has 2 N–H and O–H groups in total. The van der Waals surface area contributed by atoms with Crippen molar-refractivity contribution in [1.82, 2.24) is 10.2 Å². The van der Waals surface area contributed by atoms with Crippen molar-refractivity contribution in [3.63, 3.8) is 0 Å². The van der Waals surface area contributed by atoms with Crippen LogP contribution >= 0.6 is 0 Å². The quantitative estimate of drug-likeness (QED) is 0.528. The molecule has 0 saturated carbocycles. The average molecular weight is 479 g/mol. The van der Waals surface area contributed by atoms with Crippen LogP contribution in [0.1, 0.15) is 22.7 Å². The highest BCUT2D eigenvalue weighted by atomic mass is 19.1. The maximum Gasteiger partial charge on any atom is 0.313 e. The van der Waals surface area contributed by atoms with E-state index in [0.29, 0.717) is 6.54 Å². The summed E-state index contributed by atoms with van der Waals surface area (Å²) >= 11 is 0. The third-order valence-corrected chi connectivity index (χ3v) is 6.23. The molecule has 6 nitrogen and oxygen atoms in total. The van der Waals surface area contributed by atoms with Crippen molar-refractivity contribution < 1.29 is 18.4 Å². The van der Waals surface area contributed by atoms with Gasteiger partial charge in [-0.25, -0.2) is 8.78 Å². The number of halogens is 2. The predicted octanol–water partition coefficient (Wildman–Crippen LogP) is 3.89. The number of benzene rings is 3. The fraction of sp³-hybridized carbons (Fsp3) is 0.259. The first kappa shape index (κ1) is 24.3. The first-order valence-electron chi connectivity index (χ1n) is 11.4. The number of amides is 2. The molecule has 1 unspecified atom stereocenters. The standard InChI is InChI=1S/C27H28F2N4O2/c1-32(2)22-10-7-19(8-11-22)25(33-14-13-18-5-3-4-6-20(18)17-33)16-30-26(34)27(35)31-24-15-21(28)9-12-23(24)29/h3-12,15,25H,13-14,16-17H2,1-2H3,(H,30,34)(H,31,35). The van der Waals surface area contributed by atoms with E-state index in [0.717, 1.165) is 42.4 Å². The van der Waals surface area contributed by atoms with Gasteiger partial charge in [-0.1, -0.05) is 36.4 Å². The van der Waals surface area contributed by atoms with Crippen LogP contribution in [-0.2, 0) is 22.6 Å². The molecule has 1 atom stereocenters. The highest BCUT2D eigenvalue weighted by Gasteiger charge is 2.26. The number of hydrogen-bond donors (Lipinski definition) is 2. The molecule has 0 radical (unpaired) electrons. The van der Waals surface area contributed by atoms with Gasteiger partial charge in [-0.2, -0.15) is 0 Å². The molecule has 8 heteroatoms. The smallest absolute Gasteiger partial charge is 0.313 e. The lowest BCUT2D eigenvalue weighted by atomic mass is 9.96. The summed E-state index contributed by atoms with van der Waals surface area (Å²) in [7, 11) is 3.93. The zero-order valence-electron chi connectivity index (χ0n) is 19.7. The van der Waals surface area contributed by atoms with Gasteiger partial charge in [0.1, 0.15) is 11.6 Å². The molecule has 182 valence electrons. The first-order valence-corrected chi connectivity index (χ1v) is 11.4. The lowest BCUT2D eigenvalue weighted by Gasteiger charge is -2.36. The summed E-state index contributed by atoms with van der Waals surface area (Å²) in [5.74, 6) is -3.51. The van der Waals surface area contributed by atoms with Gasteiger partial charge >= 0.3 is 11.8 Å². The van der Waals surface area contributed by atoms with Gasteiger partial charge in [0, 0.05) is 45.5 Å². The van der Waals surface area contributed by atoms with E-state index in [1.165, 1.54) is 11.1 Å². The molecule has 0 aromatic heterocycles. The third kappa shape index (κ3) is 5.84. The minimum Gasteiger partial charge on any atom is -0.378 e. The van der Waals surface area contributed by atoms with Crippen LogP contribution in [0, 0.1) is 11.6 Å². The molecule has 3 aromatic carbocycles. The number of anilines is 2. The Labute approximate surface area is 203 Å². The zero-order chi connectivity index (χ0) is 24.9. The van der Waals surface area contributed by atoms with Crippen LogP contribution in [0.2, 0.25) is 0 Å². The maximum absolute atomic E-state index is 13.9. The molecule has 0 bridgehead atoms. The van der Waals surface area contributed by atoms with Crippen molar-refractivity contribution in [3.05, 3.63) is 95.1 Å². The van der Waals surface area contributed by atoms with Gasteiger partial charge in [-0.3, -0.25) is 14.5 Å². The SMILES string of the molecule is CN(C)c1ccc(C(CNC(=O)C(=O)Nc2cc(F)ccc2F)N2CCc3ccccc3C2)cc1. The first-order chi connectivity index (χ1) is 16.8. The molecular formula is C27H28F2N4O2. The zero-order valence-corrected chi connectivity index (χ0v) is 19.7. The summed E-state index contributed by atoms with van der Waals surface area (Å²) in [6.07, 6.45) is 0.885. The summed E-state index contributed by atoms with van der Waals surface area (Å²) in [6.45, 7) is 1.70. The van der Waals surface area contributed by atoms with Crippen molar-refractivity contribution in [2.24, 2.45) is 0 Å². The van der Waals surface area contributed by atoms with Crippen LogP contribution in [0.3, 0.4) is 0 Å². The molecule has 0 aliphatic carbocycles. The van der Waals surface area contributed by atoms with Crippen LogP contribution in [0.25, 0.3) is 0 Å². The molecule has 0 saturated heterocycles. The summed E-state index contributed by atoms with van der Waals surface area (Å²) in [6, 6.07) is 18.8. The molecule has 1 aliphatic rings. The van der Waals surface area contributed by atoms with Crippen LogP contribution in [0.5, 0.6) is 0 Å². The van der Waals surface area contributed by atoms with Crippen molar-refractivity contribution in [2.45, 2.75) is 19.0 Å². The van der Waals surface area contributed by atoms with Crippen LogP contribution in [0.4, 0.5) is 20.2 Å². The van der Waals surface area contributed by atoms with E-state index in [-0.39, 0.29) is 18.3 Å². The van der Waals surface area contributed by atoms with E-state index in [1.807, 2.05) is 55.4 Å². The monoisotopic (exact) mass is 478 g/mol. The summed E-state index contributed by atoms with van der Waals surface area (Å²) in [4.78, 5) is 29.2. The van der Waals surface area contributed by atoms with E-state index < -0.39 is 23.4 Å². The van der Waals surface area contributed by atoms with Gasteiger partial charge in [0.05, 0.1) is 11.7 Å². The molecule has 2 amide bonds. The predicted molar refractivity (Wildman–Crippen MR) is 132 cm³/mol. The van der Waals surface area contributed by atoms with Gasteiger partial charge in [-0.05, 0) is 47.4 Å². The van der Waals surface area contributed by atoms with Crippen LogP contribution in [0.15, 0.2) is 66.7 Å². The molecule has 0 spiro atoms. The van der Waals surface area contributed by atoms with Gasteiger partial charge in [0.15, 0.2) is 0 Å². The van der Waals surface area contributed by atoms with Gasteiger partial charge in [-0.15, -0.1) is 0 Å². The second kappa shape index (κ2) is 10.7. The lowest BCUT2D eigenvalue weighted by molar-refractivity contribution is -0.136. The van der Waals surface area contributed by atoms with E-state index in [4.69, 9.17) is 0 Å². The van der Waals surface area contributed by atoms with Crippen LogP contribution < -0.4 is 15.5 Å². The summed E-state index contributed by atoms with van der Waals surface area (Å²) in [5.41, 5.74) is 4.22. The number of nitrogens with zero attached hydrogens (tertiary/aromatic N) is 2. The molecule has 1 aliphatic heterocycles. The normalized spacial score (nSPS) is 14.1. The topological polar surface area (TPSA) is 64.7 Å². The van der Waals surface area contributed by atoms with Crippen molar-refractivity contribution in [1.29, 1.82) is 0 Å². The van der Waals surface area contributed by atoms with Gasteiger partial charge < -0.3 is 15.5 Å². The number of nitrogens with one attached hydrogen (secondary N) is 2. The Bertz CT molecular complexity index is 1210. The van der Waals surface area contributed by atoms with Crippen LogP contribution in [-0.4, -0.2) is 43.9 Å². The van der Waals surface area contributed by atoms with Crippen molar-refractivity contribution >= 4 is 23.2 Å². The Hall–Kier alpha value is -3.78. The minimum absolute atomic E-state index is 0.178. The number of fused-ring (bicyclic) bond motifs is 1. The molecule has 1 heterocycles. The average Bonchev–Trinajstić information content (AvgIpc) is 2.86. The van der Waals surface area contributed by atoms with Gasteiger partial charge in [0.2, 0.25) is 0 Å². The highest BCUT2D eigenvalue weighted by Crippen LogP contribution is 2.28. The van der Waals surface area contributed by atoms with E-state index in [2.05, 4.69) is 27.7 Å². The largest absolute Gasteiger partial charge is 0.378 e. The number of hydrogen-bond acceptors (Lipinski definition) is 4. The maximum atomic E-state index is 13.9. The van der Waals surface area contributed by atoms with E-state index in [1.54, 1.807) is 0 Å². The molecule has 35 heavy (non-hydrogen) atoms. The lowest BCUT2D eigenvalue weighted by Crippen LogP contribution is -2.43. The Morgan fingerprint density at radius 3 is 2.40 bits per heavy atom. The Morgan fingerprint density at radius 2 is 1.69 bits per heavy atom. The second-order valence-corrected chi connectivity index (χ2v) is 8.78. The molecule has 3 aromatic rings. The summed E-state index contributed by atoms with van der Waals surface area (Å²) in [5, 5.41) is 4.82. The van der Waals surface area contributed by atoms with E-state index in [9.17, 15) is 18.4 Å². The number of rotatable bonds is 6. The third-order valence-electron chi connectivity index (χ3n) is 6.23. The molecule has 4 rings (SSSR count). The van der Waals surface area contributed by atoms with E-state index >= 15 is 0 Å². The van der Waals surface area contributed by atoms with Crippen molar-refractivity contribution in [3.8, 4) is 0 Å². The minimum atomic E-state index is -1.06. The molecular weight excluding hydrogens is 450 g/mol. The Balaban J connectivity index is 1.49. The Morgan fingerprint density at radius 1 is 0.971 bits per heavy atom. The fourth-order valence-corrected chi connectivity index (χ4v) is 4.28. The fourth-order valence-electron chi connectivity index (χ4n) is 4.28. The number of carbonyl (C=O) groups is 2. The molecule has 0 fully saturated rings. The Kier molecular flexibility index (Phi) is 7.41.